The third-order valence-corrected chi connectivity index (χ3v) is 6.40. The molecule has 0 saturated heterocycles. The van der Waals surface area contributed by atoms with Gasteiger partial charge in [0.2, 0.25) is 10.0 Å². The van der Waals surface area contributed by atoms with E-state index in [9.17, 15) is 18.0 Å². The Morgan fingerprint density at radius 1 is 1.16 bits per heavy atom. The summed E-state index contributed by atoms with van der Waals surface area (Å²) in [5.74, 6) is -1.15. The van der Waals surface area contributed by atoms with Crippen LogP contribution in [0.5, 0.6) is 0 Å². The fourth-order valence-corrected chi connectivity index (χ4v) is 4.63. The molecule has 8 nitrogen and oxygen atoms in total. The number of carbonyl (C=O) groups is 2. The van der Waals surface area contributed by atoms with Gasteiger partial charge < -0.3 is 14.5 Å². The molecule has 4 rings (SSSR count). The minimum absolute atomic E-state index is 0.0147. The van der Waals surface area contributed by atoms with Gasteiger partial charge in [-0.2, -0.15) is 0 Å². The molecule has 9 heteroatoms. The number of ether oxygens (including phenoxy) is 1. The predicted molar refractivity (Wildman–Crippen MR) is 114 cm³/mol. The number of hydrogen-bond acceptors (Lipinski definition) is 6. The van der Waals surface area contributed by atoms with E-state index in [1.165, 1.54) is 23.3 Å². The number of anilines is 1. The number of carbonyl (C=O) groups excluding carboxylic acids is 2. The molecule has 31 heavy (non-hydrogen) atoms. The molecule has 0 fully saturated rings. The van der Waals surface area contributed by atoms with Gasteiger partial charge in [-0.05, 0) is 67.1 Å². The SMILES string of the molecule is Cc1ccc(NC(=O)COC(=O)Cc2coc3cc4c(cc23)CCC4)cc1S(N)(=O)=O. The quantitative estimate of drug-likeness (QED) is 0.565. The first-order valence-electron chi connectivity index (χ1n) is 9.81. The molecular weight excluding hydrogens is 420 g/mol. The Morgan fingerprint density at radius 3 is 2.65 bits per heavy atom. The molecule has 0 atom stereocenters. The van der Waals surface area contributed by atoms with Crippen molar-refractivity contribution in [2.45, 2.75) is 37.5 Å². The van der Waals surface area contributed by atoms with Crippen LogP contribution in [0.1, 0.15) is 28.7 Å². The second-order valence-corrected chi connectivity index (χ2v) is 9.17. The predicted octanol–water partition coefficient (Wildman–Crippen LogP) is 2.60. The Labute approximate surface area is 179 Å². The van der Waals surface area contributed by atoms with Crippen LogP contribution in [0.2, 0.25) is 0 Å². The van der Waals surface area contributed by atoms with Gasteiger partial charge in [0.1, 0.15) is 5.58 Å². The standard InChI is InChI=1S/C22H22N2O6S/c1-13-5-6-17(10-20(13)31(23,27)28)24-21(25)12-30-22(26)9-16-11-29-19-8-15-4-2-3-14(15)7-18(16)19/h5-8,10-11H,2-4,9,12H2,1H3,(H,24,25)(H2,23,27,28). The van der Waals surface area contributed by atoms with E-state index in [1.54, 1.807) is 19.3 Å². The van der Waals surface area contributed by atoms with Gasteiger partial charge >= 0.3 is 5.97 Å². The van der Waals surface area contributed by atoms with Gasteiger partial charge in [-0.3, -0.25) is 9.59 Å². The molecular formula is C22H22N2O6S. The summed E-state index contributed by atoms with van der Waals surface area (Å²) < 4.78 is 33.9. The third-order valence-electron chi connectivity index (χ3n) is 5.35. The van der Waals surface area contributed by atoms with Crippen molar-refractivity contribution in [3.05, 3.63) is 58.8 Å². The van der Waals surface area contributed by atoms with Crippen LogP contribution in [-0.2, 0) is 43.6 Å². The summed E-state index contributed by atoms with van der Waals surface area (Å²) in [6.07, 6.45) is 4.71. The van der Waals surface area contributed by atoms with Crippen molar-refractivity contribution in [3.8, 4) is 0 Å². The molecule has 1 aliphatic rings. The molecule has 3 N–H and O–H groups in total. The number of primary sulfonamides is 1. The normalized spacial score (nSPS) is 13.2. The van der Waals surface area contributed by atoms with Crippen LogP contribution in [0.15, 0.2) is 45.9 Å². The summed E-state index contributed by atoms with van der Waals surface area (Å²) in [6, 6.07) is 8.43. The van der Waals surface area contributed by atoms with Crippen molar-refractivity contribution in [1.82, 2.24) is 0 Å². The highest BCUT2D eigenvalue weighted by Gasteiger charge is 2.18. The number of furan rings is 1. The Kier molecular flexibility index (Phi) is 5.55. The summed E-state index contributed by atoms with van der Waals surface area (Å²) in [7, 11) is -3.91. The van der Waals surface area contributed by atoms with E-state index < -0.39 is 28.5 Å². The van der Waals surface area contributed by atoms with E-state index in [2.05, 4.69) is 11.4 Å². The zero-order chi connectivity index (χ0) is 22.2. The van der Waals surface area contributed by atoms with E-state index in [-0.39, 0.29) is 17.0 Å². The van der Waals surface area contributed by atoms with Gasteiger partial charge in [0.25, 0.3) is 5.91 Å². The van der Waals surface area contributed by atoms with Crippen molar-refractivity contribution in [1.29, 1.82) is 0 Å². The van der Waals surface area contributed by atoms with Gasteiger partial charge in [-0.15, -0.1) is 0 Å². The average molecular weight is 442 g/mol. The minimum Gasteiger partial charge on any atom is -0.464 e. The summed E-state index contributed by atoms with van der Waals surface area (Å²) in [4.78, 5) is 24.3. The molecule has 1 amide bonds. The van der Waals surface area contributed by atoms with Crippen LogP contribution in [0.4, 0.5) is 5.69 Å². The molecule has 0 saturated carbocycles. The number of rotatable bonds is 6. The number of benzene rings is 2. The largest absolute Gasteiger partial charge is 0.464 e. The molecule has 2 aromatic carbocycles. The third kappa shape index (κ3) is 4.62. The van der Waals surface area contributed by atoms with Gasteiger partial charge in [-0.1, -0.05) is 6.07 Å². The minimum atomic E-state index is -3.91. The van der Waals surface area contributed by atoms with E-state index in [4.69, 9.17) is 14.3 Å². The van der Waals surface area contributed by atoms with E-state index >= 15 is 0 Å². The smallest absolute Gasteiger partial charge is 0.310 e. The first-order valence-corrected chi connectivity index (χ1v) is 11.4. The Bertz CT molecular complexity index is 1290. The van der Waals surface area contributed by atoms with E-state index in [0.717, 1.165) is 30.2 Å². The number of fused-ring (bicyclic) bond motifs is 2. The fourth-order valence-electron chi connectivity index (χ4n) is 3.82. The summed E-state index contributed by atoms with van der Waals surface area (Å²) in [5.41, 5.74) is 4.72. The second-order valence-electron chi connectivity index (χ2n) is 7.64. The molecule has 0 spiro atoms. The number of amides is 1. The van der Waals surface area contributed by atoms with Gasteiger partial charge in [0.15, 0.2) is 6.61 Å². The highest BCUT2D eigenvalue weighted by molar-refractivity contribution is 7.89. The lowest BCUT2D eigenvalue weighted by atomic mass is 10.0. The highest BCUT2D eigenvalue weighted by atomic mass is 32.2. The molecule has 0 radical (unpaired) electrons. The van der Waals surface area contributed by atoms with Gasteiger partial charge in [0.05, 0.1) is 17.6 Å². The molecule has 1 heterocycles. The number of sulfonamides is 1. The van der Waals surface area contributed by atoms with Crippen LogP contribution in [0.3, 0.4) is 0 Å². The number of esters is 1. The van der Waals surface area contributed by atoms with Crippen molar-refractivity contribution in [2.75, 3.05) is 11.9 Å². The summed E-state index contributed by atoms with van der Waals surface area (Å²) >= 11 is 0. The van der Waals surface area contributed by atoms with E-state index in [0.29, 0.717) is 11.1 Å². The van der Waals surface area contributed by atoms with Crippen molar-refractivity contribution in [2.24, 2.45) is 5.14 Å². The van der Waals surface area contributed by atoms with Crippen LogP contribution in [0.25, 0.3) is 11.0 Å². The van der Waals surface area contributed by atoms with Crippen molar-refractivity contribution in [3.63, 3.8) is 0 Å². The lowest BCUT2D eigenvalue weighted by Gasteiger charge is -2.09. The van der Waals surface area contributed by atoms with Gasteiger partial charge in [-0.25, -0.2) is 13.6 Å². The molecule has 162 valence electrons. The molecule has 0 aliphatic heterocycles. The molecule has 1 aliphatic carbocycles. The topological polar surface area (TPSA) is 129 Å². The maximum atomic E-state index is 12.2. The molecule has 1 aromatic heterocycles. The molecule has 0 bridgehead atoms. The molecule has 3 aromatic rings. The zero-order valence-electron chi connectivity index (χ0n) is 16.9. The maximum Gasteiger partial charge on any atom is 0.310 e. The fraction of sp³-hybridized carbons (Fsp3) is 0.273. The number of hydrogen-bond donors (Lipinski definition) is 2. The van der Waals surface area contributed by atoms with Crippen LogP contribution >= 0.6 is 0 Å². The van der Waals surface area contributed by atoms with Crippen molar-refractivity contribution < 1.29 is 27.2 Å². The van der Waals surface area contributed by atoms with E-state index in [1.807, 2.05) is 6.07 Å². The van der Waals surface area contributed by atoms with Gasteiger partial charge in [0, 0.05) is 16.6 Å². The first kappa shape index (κ1) is 21.1. The number of nitrogens with one attached hydrogen (secondary N) is 1. The first-order chi connectivity index (χ1) is 14.7. The monoisotopic (exact) mass is 442 g/mol. The number of aryl methyl sites for hydroxylation is 3. The summed E-state index contributed by atoms with van der Waals surface area (Å²) in [6.45, 7) is 1.10. The lowest BCUT2D eigenvalue weighted by molar-refractivity contribution is -0.146. The Hall–Kier alpha value is -3.17. The number of nitrogens with two attached hydrogens (primary N) is 1. The van der Waals surface area contributed by atoms with Crippen LogP contribution in [0, 0.1) is 6.92 Å². The highest BCUT2D eigenvalue weighted by Crippen LogP contribution is 2.30. The van der Waals surface area contributed by atoms with Crippen LogP contribution < -0.4 is 10.5 Å². The average Bonchev–Trinajstić information content (AvgIpc) is 3.32. The van der Waals surface area contributed by atoms with Crippen LogP contribution in [-0.4, -0.2) is 26.9 Å². The second kappa shape index (κ2) is 8.16. The zero-order valence-corrected chi connectivity index (χ0v) is 17.8. The maximum absolute atomic E-state index is 12.2. The lowest BCUT2D eigenvalue weighted by Crippen LogP contribution is -2.22. The Morgan fingerprint density at radius 2 is 1.90 bits per heavy atom. The summed E-state index contributed by atoms with van der Waals surface area (Å²) in [5, 5.41) is 8.56. The Balaban J connectivity index is 1.36. The molecule has 0 unspecified atom stereocenters. The van der Waals surface area contributed by atoms with Crippen molar-refractivity contribution >= 4 is 38.6 Å².